The fourth-order valence-electron chi connectivity index (χ4n) is 1.52. The van der Waals surface area contributed by atoms with Crippen molar-refractivity contribution in [3.05, 3.63) is 52.7 Å². The minimum atomic E-state index is -0.709. The Morgan fingerprint density at radius 1 is 1.21 bits per heavy atom. The predicted molar refractivity (Wildman–Crippen MR) is 68.4 cm³/mol. The molecule has 1 N–H and O–H groups in total. The van der Waals surface area contributed by atoms with Crippen molar-refractivity contribution in [2.24, 2.45) is 0 Å². The molecular formula is C13H11ClF2N2O. The maximum atomic E-state index is 13.0. The van der Waals surface area contributed by atoms with Gasteiger partial charge >= 0.3 is 0 Å². The second-order valence-corrected chi connectivity index (χ2v) is 4.22. The summed E-state index contributed by atoms with van der Waals surface area (Å²) in [4.78, 5) is 4.16. The van der Waals surface area contributed by atoms with E-state index in [-0.39, 0.29) is 11.6 Å². The van der Waals surface area contributed by atoms with Crippen molar-refractivity contribution < 1.29 is 13.5 Å². The van der Waals surface area contributed by atoms with Gasteiger partial charge in [0.25, 0.3) is 0 Å². The number of pyridine rings is 1. The van der Waals surface area contributed by atoms with E-state index in [0.29, 0.717) is 17.3 Å². The van der Waals surface area contributed by atoms with Crippen LogP contribution in [0.1, 0.15) is 5.69 Å². The van der Waals surface area contributed by atoms with Crippen LogP contribution in [0.5, 0.6) is 11.6 Å². The molecule has 0 bridgehead atoms. The highest BCUT2D eigenvalue weighted by Gasteiger charge is 2.07. The van der Waals surface area contributed by atoms with Crippen molar-refractivity contribution in [2.45, 2.75) is 6.54 Å². The summed E-state index contributed by atoms with van der Waals surface area (Å²) in [5.74, 6) is -1.15. The Balaban J connectivity index is 2.25. The average Bonchev–Trinajstić information content (AvgIpc) is 2.32. The fraction of sp³-hybridized carbons (Fsp3) is 0.154. The molecule has 0 aliphatic carbocycles. The van der Waals surface area contributed by atoms with Crippen LogP contribution in [-0.2, 0) is 6.54 Å². The van der Waals surface area contributed by atoms with E-state index in [2.05, 4.69) is 10.3 Å². The lowest BCUT2D eigenvalue weighted by atomic mass is 10.3. The normalized spacial score (nSPS) is 10.5. The number of benzene rings is 1. The molecule has 0 amide bonds. The largest absolute Gasteiger partial charge is 0.439 e. The van der Waals surface area contributed by atoms with Crippen molar-refractivity contribution in [2.75, 3.05) is 7.05 Å². The van der Waals surface area contributed by atoms with Gasteiger partial charge in [0.05, 0.1) is 10.7 Å². The van der Waals surface area contributed by atoms with E-state index in [1.807, 2.05) is 0 Å². The van der Waals surface area contributed by atoms with Crippen LogP contribution in [0.4, 0.5) is 8.78 Å². The van der Waals surface area contributed by atoms with E-state index in [0.717, 1.165) is 18.2 Å². The molecule has 0 saturated heterocycles. The molecule has 100 valence electrons. The van der Waals surface area contributed by atoms with E-state index in [4.69, 9.17) is 16.3 Å². The molecule has 3 nitrogen and oxygen atoms in total. The number of hydrogen-bond acceptors (Lipinski definition) is 3. The van der Waals surface area contributed by atoms with E-state index in [1.165, 1.54) is 6.07 Å². The summed E-state index contributed by atoms with van der Waals surface area (Å²) in [5.41, 5.74) is 0.596. The molecule has 0 aliphatic heterocycles. The smallest absolute Gasteiger partial charge is 0.219 e. The highest BCUT2D eigenvalue weighted by molar-refractivity contribution is 6.31. The van der Waals surface area contributed by atoms with Crippen molar-refractivity contribution >= 4 is 11.6 Å². The lowest BCUT2D eigenvalue weighted by molar-refractivity contribution is 0.449. The van der Waals surface area contributed by atoms with Gasteiger partial charge in [-0.25, -0.2) is 13.8 Å². The molecule has 2 rings (SSSR count). The Bertz CT molecular complexity index is 573. The highest BCUT2D eigenvalue weighted by atomic mass is 35.5. The Kier molecular flexibility index (Phi) is 4.29. The fourth-order valence-corrected chi connectivity index (χ4v) is 1.69. The van der Waals surface area contributed by atoms with Gasteiger partial charge in [0.15, 0.2) is 0 Å². The minimum absolute atomic E-state index is 0.0442. The summed E-state index contributed by atoms with van der Waals surface area (Å²) in [6.07, 6.45) is 0. The first-order chi connectivity index (χ1) is 9.08. The summed E-state index contributed by atoms with van der Waals surface area (Å²) < 4.78 is 31.4. The van der Waals surface area contributed by atoms with Gasteiger partial charge in [0.1, 0.15) is 17.4 Å². The minimum Gasteiger partial charge on any atom is -0.439 e. The number of aromatic nitrogens is 1. The van der Waals surface area contributed by atoms with Crippen LogP contribution in [0.15, 0.2) is 30.3 Å². The van der Waals surface area contributed by atoms with Crippen molar-refractivity contribution in [3.8, 4) is 11.6 Å². The molecule has 0 aliphatic rings. The van der Waals surface area contributed by atoms with Gasteiger partial charge in [-0.1, -0.05) is 11.6 Å². The summed E-state index contributed by atoms with van der Waals surface area (Å²) >= 11 is 5.95. The standard InChI is InChI=1S/C13H11ClF2N2O/c1-17-7-12-11(14)2-3-13(18-12)19-10-5-8(15)4-9(16)6-10/h2-6,17H,7H2,1H3. The van der Waals surface area contributed by atoms with Crippen LogP contribution in [-0.4, -0.2) is 12.0 Å². The number of ether oxygens (including phenoxy) is 1. The number of rotatable bonds is 4. The summed E-state index contributed by atoms with van der Waals surface area (Å²) in [6, 6.07) is 6.08. The zero-order chi connectivity index (χ0) is 13.8. The summed E-state index contributed by atoms with van der Waals surface area (Å²) in [6.45, 7) is 0.466. The van der Waals surface area contributed by atoms with Crippen LogP contribution in [0.25, 0.3) is 0 Å². The van der Waals surface area contributed by atoms with Gasteiger partial charge in [-0.3, -0.25) is 0 Å². The third-order valence-corrected chi connectivity index (χ3v) is 2.64. The number of nitrogens with zero attached hydrogens (tertiary/aromatic N) is 1. The van der Waals surface area contributed by atoms with Crippen molar-refractivity contribution in [3.63, 3.8) is 0 Å². The van der Waals surface area contributed by atoms with Crippen LogP contribution >= 0.6 is 11.6 Å². The first kappa shape index (κ1) is 13.7. The molecule has 1 aromatic heterocycles. The summed E-state index contributed by atoms with van der Waals surface area (Å²) in [5, 5.41) is 3.40. The third-order valence-electron chi connectivity index (χ3n) is 2.30. The highest BCUT2D eigenvalue weighted by Crippen LogP contribution is 2.24. The van der Waals surface area contributed by atoms with Gasteiger partial charge in [0.2, 0.25) is 5.88 Å². The number of hydrogen-bond donors (Lipinski definition) is 1. The molecule has 1 aromatic carbocycles. The van der Waals surface area contributed by atoms with E-state index in [1.54, 1.807) is 13.1 Å². The molecule has 1 heterocycles. The van der Waals surface area contributed by atoms with Crippen molar-refractivity contribution in [1.29, 1.82) is 0 Å². The molecule has 0 unspecified atom stereocenters. The number of halogens is 3. The van der Waals surface area contributed by atoms with Gasteiger partial charge in [-0.15, -0.1) is 0 Å². The van der Waals surface area contributed by atoms with E-state index in [9.17, 15) is 8.78 Å². The zero-order valence-electron chi connectivity index (χ0n) is 10.1. The third kappa shape index (κ3) is 3.62. The van der Waals surface area contributed by atoms with E-state index < -0.39 is 11.6 Å². The SMILES string of the molecule is CNCc1nc(Oc2cc(F)cc(F)c2)ccc1Cl. The maximum Gasteiger partial charge on any atom is 0.219 e. The van der Waals surface area contributed by atoms with E-state index >= 15 is 0 Å². The predicted octanol–water partition coefficient (Wildman–Crippen LogP) is 3.52. The summed E-state index contributed by atoms with van der Waals surface area (Å²) in [7, 11) is 1.76. The molecule has 6 heteroatoms. The quantitative estimate of drug-likeness (QED) is 0.933. The van der Waals surface area contributed by atoms with Gasteiger partial charge in [0, 0.05) is 30.8 Å². The first-order valence-corrected chi connectivity index (χ1v) is 5.90. The average molecular weight is 285 g/mol. The molecule has 0 radical (unpaired) electrons. The Morgan fingerprint density at radius 2 is 1.89 bits per heavy atom. The molecule has 19 heavy (non-hydrogen) atoms. The van der Waals surface area contributed by atoms with Gasteiger partial charge in [-0.05, 0) is 13.1 Å². The van der Waals surface area contributed by atoms with Gasteiger partial charge in [-0.2, -0.15) is 0 Å². The van der Waals surface area contributed by atoms with Crippen LogP contribution < -0.4 is 10.1 Å². The molecule has 2 aromatic rings. The first-order valence-electron chi connectivity index (χ1n) is 5.52. The molecule has 0 saturated carbocycles. The van der Waals surface area contributed by atoms with Gasteiger partial charge < -0.3 is 10.1 Å². The second-order valence-electron chi connectivity index (χ2n) is 3.82. The monoisotopic (exact) mass is 284 g/mol. The lowest BCUT2D eigenvalue weighted by Crippen LogP contribution is -2.07. The number of nitrogens with one attached hydrogen (secondary N) is 1. The molecular weight excluding hydrogens is 274 g/mol. The Hall–Kier alpha value is -1.72. The van der Waals surface area contributed by atoms with Crippen LogP contribution in [0.3, 0.4) is 0 Å². The second kappa shape index (κ2) is 5.95. The Morgan fingerprint density at radius 3 is 2.53 bits per heavy atom. The van der Waals surface area contributed by atoms with Crippen molar-refractivity contribution in [1.82, 2.24) is 10.3 Å². The van der Waals surface area contributed by atoms with Crippen LogP contribution in [0.2, 0.25) is 5.02 Å². The van der Waals surface area contributed by atoms with Crippen LogP contribution in [0, 0.1) is 11.6 Å². The molecule has 0 fully saturated rings. The lowest BCUT2D eigenvalue weighted by Gasteiger charge is -2.08. The zero-order valence-corrected chi connectivity index (χ0v) is 10.8. The topological polar surface area (TPSA) is 34.2 Å². The Labute approximate surface area is 114 Å². The maximum absolute atomic E-state index is 13.0. The molecule has 0 atom stereocenters. The molecule has 0 spiro atoms.